The van der Waals surface area contributed by atoms with E-state index in [4.69, 9.17) is 4.42 Å². The third kappa shape index (κ3) is 4.24. The van der Waals surface area contributed by atoms with Crippen LogP contribution in [0.15, 0.2) is 40.8 Å². The van der Waals surface area contributed by atoms with E-state index in [2.05, 4.69) is 36.5 Å². The van der Waals surface area contributed by atoms with Gasteiger partial charge in [0.05, 0.1) is 18.1 Å². The van der Waals surface area contributed by atoms with Crippen LogP contribution in [0.25, 0.3) is 11.3 Å². The normalized spacial score (nSPS) is 20.0. The highest BCUT2D eigenvalue weighted by atomic mass is 32.2. The van der Waals surface area contributed by atoms with Gasteiger partial charge in [0.2, 0.25) is 0 Å². The van der Waals surface area contributed by atoms with Crippen LogP contribution in [0.1, 0.15) is 24.7 Å². The van der Waals surface area contributed by atoms with Crippen molar-refractivity contribution in [3.05, 3.63) is 47.7 Å². The standard InChI is InChI=1S/C18H23NO3S/c1-2-14-3-5-16(6-4-14)18-8-7-17(22-18)12-19-11-15-9-10-23(20,21)13-15/h3-8,15,19H,2,9-13H2,1H3/t15-/m1/s1. The van der Waals surface area contributed by atoms with Gasteiger partial charge >= 0.3 is 0 Å². The second-order valence-corrected chi connectivity index (χ2v) is 8.45. The first-order valence-electron chi connectivity index (χ1n) is 8.15. The number of sulfone groups is 1. The maximum Gasteiger partial charge on any atom is 0.150 e. The van der Waals surface area contributed by atoms with Gasteiger partial charge in [0.25, 0.3) is 0 Å². The Morgan fingerprint density at radius 3 is 2.61 bits per heavy atom. The number of furan rings is 1. The summed E-state index contributed by atoms with van der Waals surface area (Å²) in [6.45, 7) is 3.49. The lowest BCUT2D eigenvalue weighted by Gasteiger charge is -2.08. The van der Waals surface area contributed by atoms with Crippen LogP contribution >= 0.6 is 0 Å². The molecule has 1 atom stereocenters. The molecule has 1 fully saturated rings. The quantitative estimate of drug-likeness (QED) is 0.883. The molecule has 1 aliphatic heterocycles. The average Bonchev–Trinajstić information content (AvgIpc) is 3.14. The largest absolute Gasteiger partial charge is 0.460 e. The van der Waals surface area contributed by atoms with Gasteiger partial charge in [-0.2, -0.15) is 0 Å². The fourth-order valence-corrected chi connectivity index (χ4v) is 4.83. The highest BCUT2D eigenvalue weighted by Crippen LogP contribution is 2.23. The van der Waals surface area contributed by atoms with Crippen molar-refractivity contribution in [3.63, 3.8) is 0 Å². The molecule has 2 heterocycles. The van der Waals surface area contributed by atoms with Crippen molar-refractivity contribution in [1.82, 2.24) is 5.32 Å². The Morgan fingerprint density at radius 2 is 1.96 bits per heavy atom. The van der Waals surface area contributed by atoms with Crippen molar-refractivity contribution in [2.75, 3.05) is 18.1 Å². The molecule has 1 aromatic heterocycles. The van der Waals surface area contributed by atoms with Crippen molar-refractivity contribution in [2.45, 2.75) is 26.3 Å². The predicted molar refractivity (Wildman–Crippen MR) is 92.0 cm³/mol. The molecule has 2 aromatic rings. The lowest BCUT2D eigenvalue weighted by atomic mass is 10.1. The van der Waals surface area contributed by atoms with E-state index in [0.717, 1.165) is 36.5 Å². The summed E-state index contributed by atoms with van der Waals surface area (Å²) in [5, 5.41) is 3.31. The van der Waals surface area contributed by atoms with E-state index < -0.39 is 9.84 Å². The van der Waals surface area contributed by atoms with Crippen molar-refractivity contribution >= 4 is 9.84 Å². The van der Waals surface area contributed by atoms with Gasteiger partial charge < -0.3 is 9.73 Å². The third-order valence-corrected chi connectivity index (χ3v) is 6.20. The van der Waals surface area contributed by atoms with Gasteiger partial charge in [-0.25, -0.2) is 8.42 Å². The molecule has 0 amide bonds. The monoisotopic (exact) mass is 333 g/mol. The predicted octanol–water partition coefficient (Wildman–Crippen LogP) is 3.03. The van der Waals surface area contributed by atoms with Gasteiger partial charge in [0.15, 0.2) is 9.84 Å². The molecule has 0 bridgehead atoms. The van der Waals surface area contributed by atoms with Crippen LogP contribution in [0, 0.1) is 5.92 Å². The van der Waals surface area contributed by atoms with E-state index in [1.165, 1.54) is 5.56 Å². The minimum absolute atomic E-state index is 0.232. The Morgan fingerprint density at radius 1 is 1.17 bits per heavy atom. The fourth-order valence-electron chi connectivity index (χ4n) is 2.97. The van der Waals surface area contributed by atoms with E-state index in [-0.39, 0.29) is 5.92 Å². The average molecular weight is 333 g/mol. The first kappa shape index (κ1) is 16.3. The first-order valence-corrected chi connectivity index (χ1v) is 9.97. The second-order valence-electron chi connectivity index (χ2n) is 6.22. The van der Waals surface area contributed by atoms with E-state index >= 15 is 0 Å². The highest BCUT2D eigenvalue weighted by Gasteiger charge is 2.27. The van der Waals surface area contributed by atoms with E-state index in [1.54, 1.807) is 0 Å². The summed E-state index contributed by atoms with van der Waals surface area (Å²) in [4.78, 5) is 0. The van der Waals surface area contributed by atoms with Crippen molar-refractivity contribution < 1.29 is 12.8 Å². The summed E-state index contributed by atoms with van der Waals surface area (Å²) >= 11 is 0. The van der Waals surface area contributed by atoms with Crippen LogP contribution in [-0.2, 0) is 22.8 Å². The molecule has 1 aliphatic rings. The molecule has 0 saturated carbocycles. The molecule has 0 spiro atoms. The molecule has 1 aromatic carbocycles. The molecular weight excluding hydrogens is 310 g/mol. The Kier molecular flexibility index (Phi) is 4.87. The van der Waals surface area contributed by atoms with Gasteiger partial charge in [0.1, 0.15) is 11.5 Å². The molecular formula is C18H23NO3S. The zero-order chi connectivity index (χ0) is 16.3. The van der Waals surface area contributed by atoms with Crippen molar-refractivity contribution in [1.29, 1.82) is 0 Å². The smallest absolute Gasteiger partial charge is 0.150 e. The summed E-state index contributed by atoms with van der Waals surface area (Å²) < 4.78 is 28.7. The molecule has 0 aliphatic carbocycles. The number of aryl methyl sites for hydroxylation is 1. The SMILES string of the molecule is CCc1ccc(-c2ccc(CNC[C@H]3CCS(=O)(=O)C3)o2)cc1. The third-order valence-electron chi connectivity index (χ3n) is 4.37. The van der Waals surface area contributed by atoms with Gasteiger partial charge in [-0.3, -0.25) is 0 Å². The van der Waals surface area contributed by atoms with Crippen molar-refractivity contribution in [3.8, 4) is 11.3 Å². The molecule has 4 nitrogen and oxygen atoms in total. The summed E-state index contributed by atoms with van der Waals surface area (Å²) in [5.74, 6) is 2.62. The Hall–Kier alpha value is -1.59. The van der Waals surface area contributed by atoms with Gasteiger partial charge in [-0.15, -0.1) is 0 Å². The van der Waals surface area contributed by atoms with Crippen LogP contribution in [0.4, 0.5) is 0 Å². The van der Waals surface area contributed by atoms with Crippen LogP contribution in [0.2, 0.25) is 0 Å². The van der Waals surface area contributed by atoms with Crippen LogP contribution in [-0.4, -0.2) is 26.5 Å². The number of rotatable bonds is 6. The lowest BCUT2D eigenvalue weighted by molar-refractivity contribution is 0.463. The maximum absolute atomic E-state index is 11.4. The van der Waals surface area contributed by atoms with E-state index in [9.17, 15) is 8.42 Å². The molecule has 0 unspecified atom stereocenters. The summed E-state index contributed by atoms with van der Waals surface area (Å²) in [6.07, 6.45) is 1.80. The molecule has 1 saturated heterocycles. The Balaban J connectivity index is 1.53. The molecule has 1 N–H and O–H groups in total. The number of hydrogen-bond acceptors (Lipinski definition) is 4. The zero-order valence-electron chi connectivity index (χ0n) is 13.4. The van der Waals surface area contributed by atoms with Gasteiger partial charge in [-0.1, -0.05) is 31.2 Å². The van der Waals surface area contributed by atoms with Crippen molar-refractivity contribution in [2.24, 2.45) is 5.92 Å². The van der Waals surface area contributed by atoms with Gasteiger partial charge in [0, 0.05) is 5.56 Å². The van der Waals surface area contributed by atoms with Crippen LogP contribution in [0.5, 0.6) is 0 Å². The maximum atomic E-state index is 11.4. The first-order chi connectivity index (χ1) is 11.1. The molecule has 0 radical (unpaired) electrons. The Labute approximate surface area is 137 Å². The lowest BCUT2D eigenvalue weighted by Crippen LogP contribution is -2.23. The zero-order valence-corrected chi connectivity index (χ0v) is 14.2. The fraction of sp³-hybridized carbons (Fsp3) is 0.444. The van der Waals surface area contributed by atoms with E-state index in [0.29, 0.717) is 18.1 Å². The molecule has 5 heteroatoms. The minimum Gasteiger partial charge on any atom is -0.460 e. The number of benzene rings is 1. The molecule has 3 rings (SSSR count). The molecule has 23 heavy (non-hydrogen) atoms. The Bertz CT molecular complexity index is 747. The number of hydrogen-bond donors (Lipinski definition) is 1. The summed E-state index contributed by atoms with van der Waals surface area (Å²) in [7, 11) is -2.79. The van der Waals surface area contributed by atoms with Crippen LogP contribution in [0.3, 0.4) is 0 Å². The van der Waals surface area contributed by atoms with E-state index in [1.807, 2.05) is 12.1 Å². The molecule has 124 valence electrons. The number of nitrogens with one attached hydrogen (secondary N) is 1. The minimum atomic E-state index is -2.79. The second kappa shape index (κ2) is 6.89. The highest BCUT2D eigenvalue weighted by molar-refractivity contribution is 7.91. The van der Waals surface area contributed by atoms with Crippen LogP contribution < -0.4 is 5.32 Å². The summed E-state index contributed by atoms with van der Waals surface area (Å²) in [6, 6.07) is 12.4. The van der Waals surface area contributed by atoms with Gasteiger partial charge in [-0.05, 0) is 43.0 Å². The topological polar surface area (TPSA) is 59.3 Å². The summed E-state index contributed by atoms with van der Waals surface area (Å²) in [5.41, 5.74) is 2.39.